The Bertz CT molecular complexity index is 789. The first kappa shape index (κ1) is 16.8. The molecule has 1 atom stereocenters. The van der Waals surface area contributed by atoms with Gasteiger partial charge in [-0.15, -0.1) is 0 Å². The van der Waals surface area contributed by atoms with Crippen LogP contribution in [0.25, 0.3) is 0 Å². The van der Waals surface area contributed by atoms with E-state index >= 15 is 0 Å². The van der Waals surface area contributed by atoms with Crippen LogP contribution in [-0.2, 0) is 15.2 Å². The number of benzene rings is 2. The highest BCUT2D eigenvalue weighted by Gasteiger charge is 2.25. The Kier molecular flexibility index (Phi) is 4.58. The second kappa shape index (κ2) is 6.82. The highest BCUT2D eigenvalue weighted by molar-refractivity contribution is 6.39. The normalized spacial score (nSPS) is 14.5. The minimum atomic E-state index is -1.28. The molecule has 0 saturated heterocycles. The number of hydrogen-bond donors (Lipinski definition) is 3. The fourth-order valence-corrected chi connectivity index (χ4v) is 2.39. The predicted octanol–water partition coefficient (Wildman–Crippen LogP) is 1.38. The van der Waals surface area contributed by atoms with Gasteiger partial charge in [0.1, 0.15) is 5.60 Å². The third-order valence-corrected chi connectivity index (χ3v) is 3.83. The number of carbonyl (C=O) groups excluding carboxylic acids is 2. The Morgan fingerprint density at radius 3 is 2.56 bits per heavy atom. The molecule has 1 unspecified atom stereocenters. The molecule has 1 aliphatic rings. The molecule has 0 saturated carbocycles. The third kappa shape index (κ3) is 3.89. The zero-order chi connectivity index (χ0) is 17.9. The van der Waals surface area contributed by atoms with Gasteiger partial charge in [0.25, 0.3) is 0 Å². The molecule has 0 aromatic heterocycles. The number of ether oxygens (including phenoxy) is 2. The van der Waals surface area contributed by atoms with Gasteiger partial charge in [-0.25, -0.2) is 0 Å². The van der Waals surface area contributed by atoms with Crippen molar-refractivity contribution in [2.75, 3.05) is 18.7 Å². The van der Waals surface area contributed by atoms with Crippen molar-refractivity contribution in [3.8, 4) is 11.5 Å². The molecule has 2 aromatic carbocycles. The Balaban J connectivity index is 1.57. The Morgan fingerprint density at radius 2 is 1.80 bits per heavy atom. The van der Waals surface area contributed by atoms with E-state index in [1.54, 1.807) is 49.4 Å². The zero-order valence-electron chi connectivity index (χ0n) is 13.6. The maximum absolute atomic E-state index is 12.0. The monoisotopic (exact) mass is 342 g/mol. The van der Waals surface area contributed by atoms with Crippen molar-refractivity contribution in [2.45, 2.75) is 12.5 Å². The highest BCUT2D eigenvalue weighted by atomic mass is 16.7. The molecule has 2 amide bonds. The number of anilines is 1. The molecular weight excluding hydrogens is 324 g/mol. The van der Waals surface area contributed by atoms with Gasteiger partial charge in [-0.05, 0) is 24.6 Å². The van der Waals surface area contributed by atoms with Crippen LogP contribution in [0.2, 0.25) is 0 Å². The Morgan fingerprint density at radius 1 is 1.08 bits per heavy atom. The molecule has 0 radical (unpaired) electrons. The van der Waals surface area contributed by atoms with Crippen LogP contribution in [-0.4, -0.2) is 30.3 Å². The molecule has 7 heteroatoms. The number of nitrogens with one attached hydrogen (secondary N) is 2. The Hall–Kier alpha value is -3.06. The number of rotatable bonds is 4. The molecular formula is C18H18N2O5. The number of hydrogen-bond acceptors (Lipinski definition) is 5. The maximum Gasteiger partial charge on any atom is 0.313 e. The van der Waals surface area contributed by atoms with Crippen molar-refractivity contribution in [1.82, 2.24) is 5.32 Å². The number of aliphatic hydroxyl groups is 1. The molecule has 25 heavy (non-hydrogen) atoms. The molecule has 130 valence electrons. The van der Waals surface area contributed by atoms with Crippen molar-refractivity contribution in [3.05, 3.63) is 54.1 Å². The van der Waals surface area contributed by atoms with Crippen molar-refractivity contribution >= 4 is 17.5 Å². The van der Waals surface area contributed by atoms with Crippen LogP contribution in [0.1, 0.15) is 12.5 Å². The maximum atomic E-state index is 12.0. The highest BCUT2D eigenvalue weighted by Crippen LogP contribution is 2.34. The van der Waals surface area contributed by atoms with E-state index in [2.05, 4.69) is 10.6 Å². The van der Waals surface area contributed by atoms with Gasteiger partial charge in [0.15, 0.2) is 11.5 Å². The van der Waals surface area contributed by atoms with Crippen LogP contribution in [0, 0.1) is 0 Å². The van der Waals surface area contributed by atoms with Gasteiger partial charge in [0.05, 0.1) is 6.54 Å². The van der Waals surface area contributed by atoms with Crippen LogP contribution >= 0.6 is 0 Å². The molecule has 0 aliphatic carbocycles. The number of fused-ring (bicyclic) bond motifs is 1. The average Bonchev–Trinajstić information content (AvgIpc) is 3.08. The molecule has 1 heterocycles. The Labute approximate surface area is 144 Å². The van der Waals surface area contributed by atoms with Gasteiger partial charge in [-0.2, -0.15) is 0 Å². The lowest BCUT2D eigenvalue weighted by Gasteiger charge is -2.24. The molecule has 0 fully saturated rings. The number of amides is 2. The summed E-state index contributed by atoms with van der Waals surface area (Å²) >= 11 is 0. The molecule has 3 N–H and O–H groups in total. The minimum Gasteiger partial charge on any atom is -0.454 e. The van der Waals surface area contributed by atoms with E-state index in [0.717, 1.165) is 0 Å². The van der Waals surface area contributed by atoms with Gasteiger partial charge in [0, 0.05) is 11.8 Å². The lowest BCUT2D eigenvalue weighted by molar-refractivity contribution is -0.136. The second-order valence-electron chi connectivity index (χ2n) is 5.84. The summed E-state index contributed by atoms with van der Waals surface area (Å²) in [7, 11) is 0. The summed E-state index contributed by atoms with van der Waals surface area (Å²) in [5.74, 6) is -0.580. The van der Waals surface area contributed by atoms with E-state index < -0.39 is 17.4 Å². The van der Waals surface area contributed by atoms with Crippen LogP contribution in [0.5, 0.6) is 11.5 Å². The summed E-state index contributed by atoms with van der Waals surface area (Å²) in [6, 6.07) is 13.7. The van der Waals surface area contributed by atoms with E-state index in [0.29, 0.717) is 22.7 Å². The summed E-state index contributed by atoms with van der Waals surface area (Å²) in [5.41, 5.74) is -0.221. The average molecular weight is 342 g/mol. The van der Waals surface area contributed by atoms with E-state index in [1.165, 1.54) is 0 Å². The lowest BCUT2D eigenvalue weighted by Crippen LogP contribution is -2.43. The van der Waals surface area contributed by atoms with Gasteiger partial charge >= 0.3 is 11.8 Å². The van der Waals surface area contributed by atoms with Crippen molar-refractivity contribution in [3.63, 3.8) is 0 Å². The minimum absolute atomic E-state index is 0.0929. The fraction of sp³-hybridized carbons (Fsp3) is 0.222. The topological polar surface area (TPSA) is 96.9 Å². The first-order chi connectivity index (χ1) is 12.0. The molecule has 0 bridgehead atoms. The van der Waals surface area contributed by atoms with Gasteiger partial charge < -0.3 is 25.2 Å². The quantitative estimate of drug-likeness (QED) is 0.730. The van der Waals surface area contributed by atoms with Crippen molar-refractivity contribution in [2.24, 2.45) is 0 Å². The summed E-state index contributed by atoms with van der Waals surface area (Å²) in [6.07, 6.45) is 0. The summed E-state index contributed by atoms with van der Waals surface area (Å²) in [6.45, 7) is 1.60. The van der Waals surface area contributed by atoms with E-state index in [9.17, 15) is 14.7 Å². The first-order valence-electron chi connectivity index (χ1n) is 7.72. The molecule has 0 spiro atoms. The molecule has 1 aliphatic heterocycles. The zero-order valence-corrected chi connectivity index (χ0v) is 13.6. The van der Waals surface area contributed by atoms with E-state index in [-0.39, 0.29) is 13.3 Å². The second-order valence-corrected chi connectivity index (χ2v) is 5.84. The van der Waals surface area contributed by atoms with E-state index in [4.69, 9.17) is 9.47 Å². The summed E-state index contributed by atoms with van der Waals surface area (Å²) in [4.78, 5) is 24.0. The number of carbonyl (C=O) groups is 2. The van der Waals surface area contributed by atoms with Crippen LogP contribution in [0.15, 0.2) is 48.5 Å². The van der Waals surface area contributed by atoms with Gasteiger partial charge in [-0.3, -0.25) is 9.59 Å². The summed E-state index contributed by atoms with van der Waals surface area (Å²) < 4.78 is 10.4. The molecule has 3 rings (SSSR count). The van der Waals surface area contributed by atoms with Gasteiger partial charge in [-0.1, -0.05) is 30.3 Å². The standard InChI is InChI=1S/C18H18N2O5/c1-18(23,12-5-3-2-4-6-12)10-19-16(21)17(22)20-13-7-8-14-15(9-13)25-11-24-14/h2-9,23H,10-11H2,1H3,(H,19,21)(H,20,22). The smallest absolute Gasteiger partial charge is 0.313 e. The largest absolute Gasteiger partial charge is 0.454 e. The SMILES string of the molecule is CC(O)(CNC(=O)C(=O)Nc1ccc2c(c1)OCO2)c1ccccc1. The molecule has 7 nitrogen and oxygen atoms in total. The van der Waals surface area contributed by atoms with Crippen LogP contribution < -0.4 is 20.1 Å². The van der Waals surface area contributed by atoms with E-state index in [1.807, 2.05) is 6.07 Å². The van der Waals surface area contributed by atoms with Crippen LogP contribution in [0.3, 0.4) is 0 Å². The molecule has 2 aromatic rings. The van der Waals surface area contributed by atoms with Crippen molar-refractivity contribution in [1.29, 1.82) is 0 Å². The van der Waals surface area contributed by atoms with Crippen molar-refractivity contribution < 1.29 is 24.2 Å². The summed E-state index contributed by atoms with van der Waals surface area (Å²) in [5, 5.41) is 15.4. The fourth-order valence-electron chi connectivity index (χ4n) is 2.39. The van der Waals surface area contributed by atoms with Crippen LogP contribution in [0.4, 0.5) is 5.69 Å². The first-order valence-corrected chi connectivity index (χ1v) is 7.72. The third-order valence-electron chi connectivity index (χ3n) is 3.83. The van der Waals surface area contributed by atoms with Gasteiger partial charge in [0.2, 0.25) is 6.79 Å². The predicted molar refractivity (Wildman–Crippen MR) is 90.2 cm³/mol. The lowest BCUT2D eigenvalue weighted by atomic mass is 9.96.